The number of methoxy groups -OCH3 is 2. The zero-order chi connectivity index (χ0) is 21.2. The summed E-state index contributed by atoms with van der Waals surface area (Å²) < 4.78 is 11.3. The van der Waals surface area contributed by atoms with Crippen LogP contribution in [0.5, 0.6) is 11.5 Å². The van der Waals surface area contributed by atoms with Gasteiger partial charge < -0.3 is 9.47 Å². The summed E-state index contributed by atoms with van der Waals surface area (Å²) in [5.41, 5.74) is 5.45. The number of nitrogens with zero attached hydrogens (tertiary/aromatic N) is 2. The molecule has 0 spiro atoms. The van der Waals surface area contributed by atoms with Gasteiger partial charge in [-0.1, -0.05) is 60.7 Å². The minimum Gasteiger partial charge on any atom is -0.493 e. The van der Waals surface area contributed by atoms with Crippen LogP contribution in [0.4, 0.5) is 0 Å². The van der Waals surface area contributed by atoms with Crippen molar-refractivity contribution in [1.29, 1.82) is 0 Å². The summed E-state index contributed by atoms with van der Waals surface area (Å²) in [6.07, 6.45) is 1.03. The monoisotopic (exact) mass is 486 g/mol. The molecule has 2 atom stereocenters. The molecular formula is C27H32Cl2N2O2. The van der Waals surface area contributed by atoms with Gasteiger partial charge in [0.2, 0.25) is 0 Å². The molecule has 4 nitrogen and oxygen atoms in total. The molecule has 2 heterocycles. The second-order valence-corrected chi connectivity index (χ2v) is 8.54. The van der Waals surface area contributed by atoms with Crippen molar-refractivity contribution in [3.63, 3.8) is 0 Å². The summed E-state index contributed by atoms with van der Waals surface area (Å²) in [4.78, 5) is 5.30. The normalized spacial score (nSPS) is 19.9. The van der Waals surface area contributed by atoms with E-state index in [1.807, 2.05) is 0 Å². The molecule has 0 saturated carbocycles. The number of halogens is 2. The SMILES string of the molecule is COc1cc2c(cc1OC)C(c1ccccc1)N1CCN(Cc3ccccc3)CC1C2.Cl.Cl. The minimum absolute atomic E-state index is 0. The first-order valence-corrected chi connectivity index (χ1v) is 11.1. The largest absolute Gasteiger partial charge is 0.493 e. The standard InChI is InChI=1S/C27H30N2O2.2ClH/c1-30-25-16-22-15-23-19-28(18-20-9-5-3-6-10-20)13-14-29(23)27(21-11-7-4-8-12-21)24(22)17-26(25)31-2;;/h3-12,16-17,23,27H,13-15,18-19H2,1-2H3;2*1H. The second-order valence-electron chi connectivity index (χ2n) is 8.54. The Morgan fingerprint density at radius 3 is 2.12 bits per heavy atom. The highest BCUT2D eigenvalue weighted by molar-refractivity contribution is 5.85. The average Bonchev–Trinajstić information content (AvgIpc) is 2.82. The maximum atomic E-state index is 5.65. The van der Waals surface area contributed by atoms with Crippen LogP contribution in [0, 0.1) is 0 Å². The zero-order valence-corrected chi connectivity index (χ0v) is 20.8. The topological polar surface area (TPSA) is 24.9 Å². The number of fused-ring (bicyclic) bond motifs is 2. The molecule has 33 heavy (non-hydrogen) atoms. The van der Waals surface area contributed by atoms with E-state index in [-0.39, 0.29) is 30.9 Å². The maximum absolute atomic E-state index is 5.65. The molecule has 3 aromatic carbocycles. The molecule has 0 radical (unpaired) electrons. The first kappa shape index (κ1) is 25.4. The third-order valence-corrected chi connectivity index (χ3v) is 6.70. The Kier molecular flexibility index (Phi) is 8.66. The van der Waals surface area contributed by atoms with Crippen molar-refractivity contribution in [3.8, 4) is 11.5 Å². The molecule has 1 fully saturated rings. The van der Waals surface area contributed by atoms with Crippen molar-refractivity contribution in [1.82, 2.24) is 9.80 Å². The van der Waals surface area contributed by atoms with Gasteiger partial charge in [-0.25, -0.2) is 0 Å². The molecule has 5 rings (SSSR count). The van der Waals surface area contributed by atoms with E-state index in [9.17, 15) is 0 Å². The molecule has 0 bridgehead atoms. The molecule has 6 heteroatoms. The lowest BCUT2D eigenvalue weighted by Crippen LogP contribution is -2.56. The molecular weight excluding hydrogens is 455 g/mol. The Morgan fingerprint density at radius 1 is 0.818 bits per heavy atom. The Bertz CT molecular complexity index is 1030. The summed E-state index contributed by atoms with van der Waals surface area (Å²) in [7, 11) is 3.44. The van der Waals surface area contributed by atoms with Crippen LogP contribution in [-0.2, 0) is 13.0 Å². The highest BCUT2D eigenvalue weighted by Crippen LogP contribution is 2.43. The molecule has 0 N–H and O–H groups in total. The number of rotatable bonds is 5. The van der Waals surface area contributed by atoms with Crippen molar-refractivity contribution < 1.29 is 9.47 Å². The van der Waals surface area contributed by atoms with Crippen LogP contribution < -0.4 is 9.47 Å². The Balaban J connectivity index is 0.00000153. The Morgan fingerprint density at radius 2 is 1.45 bits per heavy atom. The summed E-state index contributed by atoms with van der Waals surface area (Å²) in [5.74, 6) is 1.63. The van der Waals surface area contributed by atoms with Crippen LogP contribution in [0.1, 0.15) is 28.3 Å². The van der Waals surface area contributed by atoms with Crippen LogP contribution in [-0.4, -0.2) is 49.7 Å². The third-order valence-electron chi connectivity index (χ3n) is 6.70. The smallest absolute Gasteiger partial charge is 0.161 e. The van der Waals surface area contributed by atoms with Gasteiger partial charge in [-0.05, 0) is 40.8 Å². The Labute approximate surface area is 209 Å². The van der Waals surface area contributed by atoms with Gasteiger partial charge in [-0.2, -0.15) is 0 Å². The van der Waals surface area contributed by atoms with E-state index in [0.29, 0.717) is 6.04 Å². The fourth-order valence-corrected chi connectivity index (χ4v) is 5.25. The van der Waals surface area contributed by atoms with Crippen LogP contribution in [0.15, 0.2) is 72.8 Å². The predicted octanol–water partition coefficient (Wildman–Crippen LogP) is 5.38. The van der Waals surface area contributed by atoms with Crippen molar-refractivity contribution in [3.05, 3.63) is 95.1 Å². The summed E-state index contributed by atoms with van der Waals surface area (Å²) in [6, 6.07) is 26.8. The van der Waals surface area contributed by atoms with Crippen molar-refractivity contribution >= 4 is 24.8 Å². The minimum atomic E-state index is 0. The number of ether oxygens (including phenoxy) is 2. The van der Waals surface area contributed by atoms with Crippen LogP contribution in [0.2, 0.25) is 0 Å². The van der Waals surface area contributed by atoms with E-state index in [1.165, 1.54) is 22.3 Å². The van der Waals surface area contributed by atoms with Gasteiger partial charge in [0.25, 0.3) is 0 Å². The van der Waals surface area contributed by atoms with Gasteiger partial charge in [0, 0.05) is 32.2 Å². The Hall–Kier alpha value is -2.24. The summed E-state index contributed by atoms with van der Waals surface area (Å²) >= 11 is 0. The molecule has 2 aliphatic heterocycles. The van der Waals surface area contributed by atoms with Gasteiger partial charge in [0.1, 0.15) is 0 Å². The van der Waals surface area contributed by atoms with E-state index < -0.39 is 0 Å². The highest BCUT2D eigenvalue weighted by Gasteiger charge is 2.39. The van der Waals surface area contributed by atoms with Gasteiger partial charge in [-0.15, -0.1) is 24.8 Å². The molecule has 2 aliphatic rings. The van der Waals surface area contributed by atoms with Crippen molar-refractivity contribution in [2.24, 2.45) is 0 Å². The van der Waals surface area contributed by atoms with Gasteiger partial charge in [0.15, 0.2) is 11.5 Å². The zero-order valence-electron chi connectivity index (χ0n) is 19.1. The first-order valence-electron chi connectivity index (χ1n) is 11.1. The first-order chi connectivity index (χ1) is 15.3. The van der Waals surface area contributed by atoms with E-state index >= 15 is 0 Å². The third kappa shape index (κ3) is 5.15. The number of hydrogen-bond acceptors (Lipinski definition) is 4. The van der Waals surface area contributed by atoms with Crippen LogP contribution in [0.3, 0.4) is 0 Å². The fraction of sp³-hybridized carbons (Fsp3) is 0.333. The lowest BCUT2D eigenvalue weighted by Gasteiger charge is -2.49. The average molecular weight is 487 g/mol. The molecule has 176 valence electrons. The molecule has 0 aliphatic carbocycles. The summed E-state index contributed by atoms with van der Waals surface area (Å²) in [5, 5.41) is 0. The molecule has 0 amide bonds. The maximum Gasteiger partial charge on any atom is 0.161 e. The van der Waals surface area contributed by atoms with Crippen LogP contribution >= 0.6 is 24.8 Å². The summed E-state index contributed by atoms with van der Waals surface area (Å²) in [6.45, 7) is 4.23. The lowest BCUT2D eigenvalue weighted by molar-refractivity contribution is 0.0395. The highest BCUT2D eigenvalue weighted by atomic mass is 35.5. The molecule has 3 aromatic rings. The van der Waals surface area contributed by atoms with E-state index in [4.69, 9.17) is 9.47 Å². The van der Waals surface area contributed by atoms with Gasteiger partial charge >= 0.3 is 0 Å². The van der Waals surface area contributed by atoms with Gasteiger partial charge in [0.05, 0.1) is 20.3 Å². The quantitative estimate of drug-likeness (QED) is 0.483. The van der Waals surface area contributed by atoms with Crippen molar-refractivity contribution in [2.75, 3.05) is 33.9 Å². The van der Waals surface area contributed by atoms with Crippen molar-refractivity contribution in [2.45, 2.75) is 25.0 Å². The second kappa shape index (κ2) is 11.3. The lowest BCUT2D eigenvalue weighted by atomic mass is 9.83. The van der Waals surface area contributed by atoms with E-state index in [1.54, 1.807) is 14.2 Å². The number of hydrogen-bond donors (Lipinski definition) is 0. The molecule has 2 unspecified atom stereocenters. The molecule has 0 aromatic heterocycles. The molecule has 1 saturated heterocycles. The number of benzene rings is 3. The number of piperazine rings is 1. The fourth-order valence-electron chi connectivity index (χ4n) is 5.25. The van der Waals surface area contributed by atoms with E-state index in [2.05, 4.69) is 82.6 Å². The van der Waals surface area contributed by atoms with E-state index in [0.717, 1.165) is 44.1 Å². The predicted molar refractivity (Wildman–Crippen MR) is 138 cm³/mol. The van der Waals surface area contributed by atoms with Crippen LogP contribution in [0.25, 0.3) is 0 Å². The van der Waals surface area contributed by atoms with Gasteiger partial charge in [-0.3, -0.25) is 9.80 Å².